The first kappa shape index (κ1) is 73.3. The van der Waals surface area contributed by atoms with Crippen LogP contribution in [-0.4, -0.2) is 111 Å². The summed E-state index contributed by atoms with van der Waals surface area (Å²) < 4.78 is 50.4. The minimum absolute atomic E-state index is 0.0352. The van der Waals surface area contributed by atoms with Crippen LogP contribution in [0.25, 0.3) is 33.4 Å². The zero-order valence-corrected chi connectivity index (χ0v) is 60.9. The van der Waals surface area contributed by atoms with Gasteiger partial charge < -0.3 is 49.0 Å². The monoisotopic (exact) mass is 1430 g/mol. The van der Waals surface area contributed by atoms with Gasteiger partial charge >= 0.3 is 17.9 Å². The van der Waals surface area contributed by atoms with E-state index >= 15 is 0 Å². The molecule has 3 fully saturated rings. The number of benzene rings is 9. The molecule has 106 heavy (non-hydrogen) atoms. The summed E-state index contributed by atoms with van der Waals surface area (Å²) >= 11 is 0. The Morgan fingerprint density at radius 2 is 0.670 bits per heavy atom. The minimum Gasteiger partial charge on any atom is -0.496 e. The first-order chi connectivity index (χ1) is 52.9. The van der Waals surface area contributed by atoms with Crippen molar-refractivity contribution in [2.24, 2.45) is 0 Å². The van der Waals surface area contributed by atoms with Crippen molar-refractivity contribution >= 4 is 35.6 Å². The van der Waals surface area contributed by atoms with Crippen molar-refractivity contribution in [1.82, 2.24) is 14.7 Å². The maximum absolute atomic E-state index is 13.6. The Morgan fingerprint density at radius 3 is 1.01 bits per heavy atom. The van der Waals surface area contributed by atoms with E-state index in [1.54, 1.807) is 21.8 Å². The fourth-order valence-electron chi connectivity index (χ4n) is 12.2. The summed E-state index contributed by atoms with van der Waals surface area (Å²) in [5, 5.41) is 26.3. The summed E-state index contributed by atoms with van der Waals surface area (Å²) in [7, 11) is 1.64. The van der Waals surface area contributed by atoms with Gasteiger partial charge in [0.2, 0.25) is 0 Å². The van der Waals surface area contributed by atoms with Crippen LogP contribution < -0.4 is 18.9 Å². The Bertz CT molecular complexity index is 4470. The molecule has 0 aromatic heterocycles. The molecule has 3 N–H and O–H groups in total. The molecule has 3 aliphatic carbocycles. The Hall–Kier alpha value is -11.0. The number of hydrogen-bond acceptors (Lipinski definition) is 10. The highest BCUT2D eigenvalue weighted by Crippen LogP contribution is 2.37. The van der Waals surface area contributed by atoms with E-state index in [2.05, 4.69) is 56.3 Å². The second-order valence-corrected chi connectivity index (χ2v) is 27.2. The summed E-state index contributed by atoms with van der Waals surface area (Å²) in [4.78, 5) is 77.7. The van der Waals surface area contributed by atoms with Crippen LogP contribution in [0.4, 0.5) is 0 Å². The minimum atomic E-state index is -0.892. The summed E-state index contributed by atoms with van der Waals surface area (Å²) in [6.45, 7) is 2.81. The van der Waals surface area contributed by atoms with Gasteiger partial charge in [-0.05, 0) is 199 Å². The number of carboxylic acids is 3. The molecule has 3 atom stereocenters. The van der Waals surface area contributed by atoms with Crippen molar-refractivity contribution in [2.45, 2.75) is 167 Å². The van der Waals surface area contributed by atoms with Crippen molar-refractivity contribution in [2.75, 3.05) is 26.9 Å². The summed E-state index contributed by atoms with van der Waals surface area (Å²) in [5.74, 6) is -0.251. The molecule has 9 aromatic carbocycles. The molecule has 3 amide bonds. The molecule has 0 radical (unpaired) electrons. The van der Waals surface area contributed by atoms with E-state index in [0.29, 0.717) is 89.7 Å². The number of para-hydroxylation sites is 4. The van der Waals surface area contributed by atoms with Crippen molar-refractivity contribution in [1.29, 1.82) is 0 Å². The molecule has 0 bridgehead atoms. The third kappa shape index (κ3) is 24.0. The predicted octanol–water partition coefficient (Wildman–Crippen LogP) is 19.2. The van der Waals surface area contributed by atoms with Crippen LogP contribution in [0.3, 0.4) is 0 Å². The van der Waals surface area contributed by atoms with Crippen LogP contribution in [0, 0.1) is 13.8 Å². The van der Waals surface area contributed by atoms with Crippen molar-refractivity contribution in [3.8, 4) is 56.4 Å². The second-order valence-electron chi connectivity index (χ2n) is 27.2. The lowest BCUT2D eigenvalue weighted by Crippen LogP contribution is -2.32. The number of methoxy groups -OCH3 is 1. The summed E-state index contributed by atoms with van der Waals surface area (Å²) in [6.07, 6.45) is 12.2. The Balaban J connectivity index is 0.000000174. The van der Waals surface area contributed by atoms with Crippen molar-refractivity contribution < 1.29 is 67.1 Å². The third-order valence-electron chi connectivity index (χ3n) is 18.5. The van der Waals surface area contributed by atoms with E-state index < -0.39 is 37.5 Å². The number of carbonyl (C=O) groups is 6. The molecule has 16 nitrogen and oxygen atoms in total. The molecule has 0 heterocycles. The Morgan fingerprint density at radius 1 is 0.349 bits per heavy atom. The molecule has 552 valence electrons. The number of aliphatic carboxylic acids is 3. The van der Waals surface area contributed by atoms with Gasteiger partial charge in [0.1, 0.15) is 23.0 Å². The number of unbranched alkanes of at least 4 members (excludes halogenated alkanes) is 6. The lowest BCUT2D eigenvalue weighted by Gasteiger charge is -2.24. The molecule has 3 aliphatic rings. The summed E-state index contributed by atoms with van der Waals surface area (Å²) in [6, 6.07) is 69.4. The SMILES string of the molecule is [2H]C(c1ccccc1OCCCCCC(=O)O)N(C(=O)c1ccc(-c2ccc(C)cc2)cc1)C1CC1.[2H]C(c1ccccc1OCCCCCC(=O)O)N(C(=O)c1ccc(-c2cccc(C)c2)cc1)C1CC1.[2H]C(c1ccccc1OCCCCCC(=O)O)N(C(=O)c1ccc(-c2ccccc2OC)cc1)C1CC1. The van der Waals surface area contributed by atoms with Crippen LogP contribution in [0.15, 0.2) is 218 Å². The fraction of sp³-hybridized carbons (Fsp3) is 0.333. The van der Waals surface area contributed by atoms with Gasteiger partial charge in [-0.25, -0.2) is 0 Å². The van der Waals surface area contributed by atoms with Crippen LogP contribution >= 0.6 is 0 Å². The van der Waals surface area contributed by atoms with Gasteiger partial charge in [-0.1, -0.05) is 169 Å². The first-order valence-electron chi connectivity index (χ1n) is 38.7. The van der Waals surface area contributed by atoms with Crippen molar-refractivity contribution in [3.63, 3.8) is 0 Å². The van der Waals surface area contributed by atoms with E-state index in [9.17, 15) is 28.8 Å². The van der Waals surface area contributed by atoms with Gasteiger partial charge in [-0.15, -0.1) is 0 Å². The average molecular weight is 1430 g/mol. The maximum atomic E-state index is 13.6. The molecule has 0 spiro atoms. The topological polar surface area (TPSA) is 210 Å². The van der Waals surface area contributed by atoms with Crippen LogP contribution in [0.2, 0.25) is 0 Å². The van der Waals surface area contributed by atoms with Gasteiger partial charge in [-0.3, -0.25) is 28.8 Å². The molecule has 16 heteroatoms. The Labute approximate surface area is 627 Å². The third-order valence-corrected chi connectivity index (χ3v) is 18.5. The highest BCUT2D eigenvalue weighted by Gasteiger charge is 2.36. The number of carbonyl (C=O) groups excluding carboxylic acids is 3. The lowest BCUT2D eigenvalue weighted by atomic mass is 10.0. The fourth-order valence-corrected chi connectivity index (χ4v) is 12.2. The summed E-state index contributed by atoms with van der Waals surface area (Å²) in [5.41, 5.74) is 12.3. The smallest absolute Gasteiger partial charge is 0.303 e. The maximum Gasteiger partial charge on any atom is 0.303 e. The largest absolute Gasteiger partial charge is 0.496 e. The average Bonchev–Trinajstić information content (AvgIpc) is 1.64. The van der Waals surface area contributed by atoms with E-state index in [4.69, 9.17) is 38.4 Å². The number of amides is 3. The normalized spacial score (nSPS) is 14.1. The van der Waals surface area contributed by atoms with E-state index in [1.807, 2.05) is 176 Å². The predicted molar refractivity (Wildman–Crippen MR) is 414 cm³/mol. The number of ether oxygens (including phenoxy) is 4. The number of hydrogen-bond donors (Lipinski definition) is 3. The molecular formula is C90H99N3O13. The lowest BCUT2D eigenvalue weighted by molar-refractivity contribution is -0.138. The van der Waals surface area contributed by atoms with E-state index in [1.165, 1.54) is 11.1 Å². The molecule has 0 saturated heterocycles. The van der Waals surface area contributed by atoms with Gasteiger partial charge in [0.05, 0.1) is 31.0 Å². The highest BCUT2D eigenvalue weighted by molar-refractivity contribution is 5.97. The quantitative estimate of drug-likeness (QED) is 0.0310. The van der Waals surface area contributed by atoms with Gasteiger partial charge in [-0.2, -0.15) is 0 Å². The molecule has 9 aromatic rings. The number of aryl methyl sites for hydroxylation is 2. The highest BCUT2D eigenvalue weighted by atomic mass is 16.5. The number of nitrogens with zero attached hydrogens (tertiary/aromatic N) is 3. The number of carboxylic acid groups (broad SMARTS) is 3. The second kappa shape index (κ2) is 39.8. The van der Waals surface area contributed by atoms with Crippen LogP contribution in [0.1, 0.15) is 179 Å². The van der Waals surface area contributed by atoms with Gasteiger partial charge in [0.15, 0.2) is 0 Å². The molecule has 3 unspecified atom stereocenters. The van der Waals surface area contributed by atoms with Gasteiger partial charge in [0, 0.05) is 95.9 Å². The molecule has 12 rings (SSSR count). The molecule has 3 saturated carbocycles. The van der Waals surface area contributed by atoms with E-state index in [0.717, 1.165) is 116 Å². The Kier molecular flexibility index (Phi) is 27.5. The van der Waals surface area contributed by atoms with E-state index in [-0.39, 0.29) is 55.1 Å². The van der Waals surface area contributed by atoms with Crippen molar-refractivity contribution in [3.05, 3.63) is 263 Å². The zero-order chi connectivity index (χ0) is 77.2. The zero-order valence-electron chi connectivity index (χ0n) is 63.9. The van der Waals surface area contributed by atoms with Gasteiger partial charge in [0.25, 0.3) is 17.7 Å². The van der Waals surface area contributed by atoms with Crippen LogP contribution in [-0.2, 0) is 33.9 Å². The first-order valence-corrected chi connectivity index (χ1v) is 37.0. The standard InChI is InChI=1S/C30H33NO5.2C30H33NO4/c1-35-28-12-7-5-10-26(28)22-14-16-23(17-15-22)30(34)31(25-18-19-25)21-24-9-4-6-11-27(24)36-20-8-2-3-13-29(32)33;1-22-8-7-10-25(20-22)23-13-15-24(16-14-23)30(34)31(27-17-18-27)21-26-9-4-5-11-28(26)35-19-6-2-3-12-29(32)33;1-22-10-12-23(13-11-22)24-14-16-25(17-15-24)30(34)31(27-18-19-27)21-26-7-4-5-8-28(26)35-20-6-2-3-9-29(32)33/h4-7,9-12,14-17,25H,2-3,8,13,18-21H2,1H3,(H,32,33);4-5,7-11,13-16,20,27H,2-3,6,12,17-19,21H2,1H3,(H,32,33);4-5,7-8,10-17,27H,2-3,6,9,18-21H2,1H3,(H,32,33)/i3*21D. The number of rotatable bonds is 37. The van der Waals surface area contributed by atoms with Crippen LogP contribution in [0.5, 0.6) is 23.0 Å². The molecule has 0 aliphatic heterocycles. The molecular weight excluding hydrogens is 1330 g/mol.